The quantitative estimate of drug-likeness (QED) is 0.517. The van der Waals surface area contributed by atoms with Crippen LogP contribution in [0.4, 0.5) is 14.5 Å². The Labute approximate surface area is 157 Å². The monoisotopic (exact) mass is 380 g/mol. The minimum atomic E-state index is -0.937. The normalized spacial score (nSPS) is 11.0. The van der Waals surface area contributed by atoms with E-state index in [0.717, 1.165) is 48.7 Å². The molecule has 0 spiro atoms. The van der Waals surface area contributed by atoms with Crippen molar-refractivity contribution in [1.29, 1.82) is 0 Å². The van der Waals surface area contributed by atoms with Crippen molar-refractivity contribution < 1.29 is 18.3 Å². The molecular weight excluding hydrogens is 354 g/mol. The van der Waals surface area contributed by atoms with E-state index in [1.807, 2.05) is 20.8 Å². The van der Waals surface area contributed by atoms with Gasteiger partial charge in [0.25, 0.3) is 5.91 Å². The van der Waals surface area contributed by atoms with Crippen molar-refractivity contribution in [3.8, 4) is 0 Å². The van der Waals surface area contributed by atoms with Crippen LogP contribution in [0.1, 0.15) is 47.3 Å². The van der Waals surface area contributed by atoms with Gasteiger partial charge in [-0.3, -0.25) is 4.79 Å². The number of halogens is 2. The van der Waals surface area contributed by atoms with E-state index in [4.69, 9.17) is 10.5 Å². The van der Waals surface area contributed by atoms with Crippen molar-refractivity contribution in [3.63, 3.8) is 0 Å². The van der Waals surface area contributed by atoms with Crippen LogP contribution in [0, 0.1) is 25.5 Å². The number of unbranched alkanes of at least 4 members (excludes halogenated alkanes) is 1. The highest BCUT2D eigenvalue weighted by atomic mass is 19.1. The molecule has 8 heteroatoms. The molecular formula is C19H26F2N4O2. The van der Waals surface area contributed by atoms with Crippen LogP contribution in [0.3, 0.4) is 0 Å². The van der Waals surface area contributed by atoms with Crippen molar-refractivity contribution in [3.05, 3.63) is 46.5 Å². The number of nitrogens with zero attached hydrogens (tertiary/aromatic N) is 2. The molecule has 0 saturated heterocycles. The number of aromatic nitrogens is 2. The number of nitrogens with two attached hydrogens (primary N) is 1. The van der Waals surface area contributed by atoms with Gasteiger partial charge in [-0.1, -0.05) is 0 Å². The number of imidazole rings is 1. The van der Waals surface area contributed by atoms with Gasteiger partial charge in [-0.05, 0) is 45.7 Å². The Balaban J connectivity index is 1.83. The molecule has 0 atom stereocenters. The third kappa shape index (κ3) is 5.26. The number of amides is 1. The predicted molar refractivity (Wildman–Crippen MR) is 99.4 cm³/mol. The second-order valence-corrected chi connectivity index (χ2v) is 6.30. The van der Waals surface area contributed by atoms with Gasteiger partial charge in [-0.2, -0.15) is 0 Å². The van der Waals surface area contributed by atoms with Crippen molar-refractivity contribution >= 4 is 11.6 Å². The van der Waals surface area contributed by atoms with E-state index in [-0.39, 0.29) is 5.56 Å². The summed E-state index contributed by atoms with van der Waals surface area (Å²) in [6.07, 6.45) is 1.54. The highest BCUT2D eigenvalue weighted by Crippen LogP contribution is 2.17. The summed E-state index contributed by atoms with van der Waals surface area (Å²) in [7, 11) is 0. The van der Waals surface area contributed by atoms with Crippen LogP contribution in [-0.2, 0) is 17.9 Å². The molecule has 2 aromatic rings. The van der Waals surface area contributed by atoms with Crippen LogP contribution in [-0.4, -0.2) is 28.6 Å². The van der Waals surface area contributed by atoms with Gasteiger partial charge in [-0.25, -0.2) is 13.8 Å². The lowest BCUT2D eigenvalue weighted by atomic mass is 10.1. The number of benzene rings is 1. The molecule has 0 aliphatic carbocycles. The zero-order valence-electron chi connectivity index (χ0n) is 15.9. The van der Waals surface area contributed by atoms with E-state index in [1.54, 1.807) is 0 Å². The van der Waals surface area contributed by atoms with E-state index in [9.17, 15) is 13.6 Å². The molecule has 2 rings (SSSR count). The largest absolute Gasteiger partial charge is 0.394 e. The van der Waals surface area contributed by atoms with Crippen molar-refractivity contribution in [1.82, 2.24) is 14.9 Å². The van der Waals surface area contributed by atoms with Crippen LogP contribution in [0.2, 0.25) is 0 Å². The number of hydrogen-bond donors (Lipinski definition) is 2. The highest BCUT2D eigenvalue weighted by molar-refractivity contribution is 5.94. The van der Waals surface area contributed by atoms with Gasteiger partial charge in [-0.15, -0.1) is 0 Å². The van der Waals surface area contributed by atoms with Crippen molar-refractivity contribution in [2.75, 3.05) is 18.9 Å². The summed E-state index contributed by atoms with van der Waals surface area (Å²) in [6.45, 7) is 8.18. The van der Waals surface area contributed by atoms with E-state index >= 15 is 0 Å². The lowest BCUT2D eigenvalue weighted by molar-refractivity contribution is 0.0952. The molecule has 0 radical (unpaired) electrons. The molecule has 27 heavy (non-hydrogen) atoms. The molecule has 1 aromatic carbocycles. The molecule has 3 N–H and O–H groups in total. The minimum absolute atomic E-state index is 0.0840. The molecule has 6 nitrogen and oxygen atoms in total. The maximum absolute atomic E-state index is 13.4. The predicted octanol–water partition coefficient (Wildman–Crippen LogP) is 3.11. The number of nitrogen functional groups attached to an aromatic ring is 1. The van der Waals surface area contributed by atoms with Crippen molar-refractivity contribution in [2.24, 2.45) is 0 Å². The smallest absolute Gasteiger partial charge is 0.251 e. The van der Waals surface area contributed by atoms with E-state index in [0.29, 0.717) is 19.8 Å². The number of aryl methyl sites for hydroxylation is 1. The molecule has 1 aromatic heterocycles. The average molecular weight is 380 g/mol. The Bertz CT molecular complexity index is 782. The minimum Gasteiger partial charge on any atom is -0.394 e. The second-order valence-electron chi connectivity index (χ2n) is 6.30. The lowest BCUT2D eigenvalue weighted by Gasteiger charge is -2.11. The summed E-state index contributed by atoms with van der Waals surface area (Å²) < 4.78 is 34.4. The first-order valence-electron chi connectivity index (χ1n) is 8.98. The molecule has 1 amide bonds. The standard InChI is InChI=1S/C19H26F2N4O2/c1-4-27-11-17-24-12(2)13(3)25(17)8-6-5-7-23-19(26)14-9-15(20)18(22)16(21)10-14/h9-10H,4-8,11,22H2,1-3H3,(H,23,26). The number of anilines is 1. The second kappa shape index (κ2) is 9.45. The van der Waals surface area contributed by atoms with E-state index < -0.39 is 23.2 Å². The molecule has 148 valence electrons. The van der Waals surface area contributed by atoms with Crippen LogP contribution in [0.15, 0.2) is 12.1 Å². The fourth-order valence-electron chi connectivity index (χ4n) is 2.74. The molecule has 0 saturated carbocycles. The Hall–Kier alpha value is -2.48. The van der Waals surface area contributed by atoms with E-state index in [1.165, 1.54) is 0 Å². The van der Waals surface area contributed by atoms with E-state index in [2.05, 4.69) is 14.9 Å². The van der Waals surface area contributed by atoms with Gasteiger partial charge >= 0.3 is 0 Å². The van der Waals surface area contributed by atoms with Crippen LogP contribution in [0.25, 0.3) is 0 Å². The first-order chi connectivity index (χ1) is 12.8. The summed E-state index contributed by atoms with van der Waals surface area (Å²) in [5, 5.41) is 2.67. The SMILES string of the molecule is CCOCc1nc(C)c(C)n1CCCCNC(=O)c1cc(F)c(N)c(F)c1. The third-order valence-corrected chi connectivity index (χ3v) is 4.41. The Kier molecular flexibility index (Phi) is 7.29. The van der Waals surface area contributed by atoms with Crippen LogP contribution in [0.5, 0.6) is 0 Å². The molecule has 1 heterocycles. The molecule has 0 unspecified atom stereocenters. The van der Waals surface area contributed by atoms with Crippen molar-refractivity contribution in [2.45, 2.75) is 46.8 Å². The number of nitrogens with one attached hydrogen (secondary N) is 1. The van der Waals surface area contributed by atoms with Gasteiger partial charge in [0.2, 0.25) is 0 Å². The van der Waals surface area contributed by atoms with Gasteiger partial charge in [0.1, 0.15) is 29.8 Å². The zero-order valence-corrected chi connectivity index (χ0v) is 15.9. The van der Waals surface area contributed by atoms with Crippen LogP contribution < -0.4 is 11.1 Å². The van der Waals surface area contributed by atoms with Gasteiger partial charge in [0.05, 0.1) is 5.69 Å². The fourth-order valence-corrected chi connectivity index (χ4v) is 2.74. The summed E-state index contributed by atoms with van der Waals surface area (Å²) >= 11 is 0. The number of rotatable bonds is 9. The molecule has 0 aliphatic rings. The fraction of sp³-hybridized carbons (Fsp3) is 0.474. The molecule has 0 bridgehead atoms. The summed E-state index contributed by atoms with van der Waals surface area (Å²) in [5.74, 6) is -1.51. The summed E-state index contributed by atoms with van der Waals surface area (Å²) in [4.78, 5) is 16.5. The molecule has 0 aliphatic heterocycles. The summed E-state index contributed by atoms with van der Waals surface area (Å²) in [5.41, 5.74) is 6.61. The number of carbonyl (C=O) groups excluding carboxylic acids is 1. The van der Waals surface area contributed by atoms with Gasteiger partial charge in [0, 0.05) is 31.0 Å². The number of hydrogen-bond acceptors (Lipinski definition) is 4. The number of ether oxygens (including phenoxy) is 1. The maximum Gasteiger partial charge on any atom is 0.251 e. The van der Waals surface area contributed by atoms with Gasteiger partial charge in [0.15, 0.2) is 0 Å². The Morgan fingerprint density at radius 1 is 1.26 bits per heavy atom. The lowest BCUT2D eigenvalue weighted by Crippen LogP contribution is -2.25. The Morgan fingerprint density at radius 2 is 1.93 bits per heavy atom. The van der Waals surface area contributed by atoms with Crippen LogP contribution >= 0.6 is 0 Å². The Morgan fingerprint density at radius 3 is 2.56 bits per heavy atom. The third-order valence-electron chi connectivity index (χ3n) is 4.41. The number of carbonyl (C=O) groups is 1. The maximum atomic E-state index is 13.4. The zero-order chi connectivity index (χ0) is 20.0. The first kappa shape index (κ1) is 20.8. The molecule has 0 fully saturated rings. The summed E-state index contributed by atoms with van der Waals surface area (Å²) in [6, 6.07) is 1.87. The van der Waals surface area contributed by atoms with Gasteiger partial charge < -0.3 is 20.4 Å². The highest BCUT2D eigenvalue weighted by Gasteiger charge is 2.13. The topological polar surface area (TPSA) is 82.2 Å². The first-order valence-corrected chi connectivity index (χ1v) is 8.98. The average Bonchev–Trinajstić information content (AvgIpc) is 2.91.